The zero-order valence-electron chi connectivity index (χ0n) is 11.3. The number of hydrogen-bond donors (Lipinski definition) is 1. The zero-order chi connectivity index (χ0) is 13.7. The van der Waals surface area contributed by atoms with Crippen molar-refractivity contribution in [3.05, 3.63) is 52.1 Å². The Morgan fingerprint density at radius 2 is 2.16 bits per heavy atom. The van der Waals surface area contributed by atoms with Crippen molar-refractivity contribution >= 4 is 15.9 Å². The minimum Gasteiger partial charge on any atom is -0.453 e. The molecule has 102 valence electrons. The Morgan fingerprint density at radius 1 is 1.32 bits per heavy atom. The van der Waals surface area contributed by atoms with Crippen molar-refractivity contribution < 1.29 is 4.42 Å². The maximum Gasteiger partial charge on any atom is 0.169 e. The van der Waals surface area contributed by atoms with Crippen LogP contribution < -0.4 is 5.32 Å². The summed E-state index contributed by atoms with van der Waals surface area (Å²) in [5, 5.41) is 3.51. The van der Waals surface area contributed by atoms with Crippen LogP contribution in [-0.4, -0.2) is 11.5 Å². The van der Waals surface area contributed by atoms with Crippen molar-refractivity contribution in [3.63, 3.8) is 0 Å². The van der Waals surface area contributed by atoms with E-state index in [1.807, 2.05) is 25.3 Å². The lowest BCUT2D eigenvalue weighted by molar-refractivity contribution is 0.398. The van der Waals surface area contributed by atoms with Crippen molar-refractivity contribution in [1.82, 2.24) is 10.3 Å². The van der Waals surface area contributed by atoms with Gasteiger partial charge in [0, 0.05) is 18.3 Å². The molecule has 2 heterocycles. The first-order valence-electron chi connectivity index (χ1n) is 6.59. The summed E-state index contributed by atoms with van der Waals surface area (Å²) in [6, 6.07) is 8.27. The van der Waals surface area contributed by atoms with Gasteiger partial charge in [0.1, 0.15) is 5.76 Å². The summed E-state index contributed by atoms with van der Waals surface area (Å²) in [6.07, 6.45) is 3.84. The van der Waals surface area contributed by atoms with Gasteiger partial charge in [0.05, 0.1) is 6.04 Å². The van der Waals surface area contributed by atoms with E-state index >= 15 is 0 Å². The quantitative estimate of drug-likeness (QED) is 0.872. The van der Waals surface area contributed by atoms with Gasteiger partial charge in [-0.15, -0.1) is 0 Å². The molecule has 0 fully saturated rings. The first kappa shape index (κ1) is 14.3. The van der Waals surface area contributed by atoms with Gasteiger partial charge in [0.25, 0.3) is 0 Å². The predicted octanol–water partition coefficient (Wildman–Crippen LogP) is 4.03. The number of nitrogens with one attached hydrogen (secondary N) is 1. The Hall–Kier alpha value is -1.13. The number of nitrogens with zero attached hydrogens (tertiary/aromatic N) is 1. The molecular weight excluding hydrogens is 304 g/mol. The molecule has 1 N–H and O–H groups in total. The van der Waals surface area contributed by atoms with Crippen molar-refractivity contribution in [3.8, 4) is 0 Å². The highest BCUT2D eigenvalue weighted by Crippen LogP contribution is 2.23. The van der Waals surface area contributed by atoms with E-state index in [9.17, 15) is 0 Å². The molecule has 0 radical (unpaired) electrons. The van der Waals surface area contributed by atoms with Gasteiger partial charge >= 0.3 is 0 Å². The predicted molar refractivity (Wildman–Crippen MR) is 80.1 cm³/mol. The van der Waals surface area contributed by atoms with E-state index in [4.69, 9.17) is 4.42 Å². The molecule has 19 heavy (non-hydrogen) atoms. The third-order valence-electron chi connectivity index (χ3n) is 2.96. The molecule has 0 saturated heterocycles. The fraction of sp³-hybridized carbons (Fsp3) is 0.400. The van der Waals surface area contributed by atoms with Gasteiger partial charge in [-0.3, -0.25) is 4.98 Å². The van der Waals surface area contributed by atoms with Crippen LogP contribution in [0.1, 0.15) is 36.4 Å². The summed E-state index contributed by atoms with van der Waals surface area (Å²) in [5.41, 5.74) is 2.26. The van der Waals surface area contributed by atoms with E-state index in [0.717, 1.165) is 35.5 Å². The lowest BCUT2D eigenvalue weighted by Crippen LogP contribution is -2.24. The van der Waals surface area contributed by atoms with Crippen molar-refractivity contribution in [2.75, 3.05) is 6.54 Å². The number of hydrogen-bond acceptors (Lipinski definition) is 3. The van der Waals surface area contributed by atoms with Crippen molar-refractivity contribution in [2.24, 2.45) is 0 Å². The molecule has 0 aromatic carbocycles. The highest BCUT2D eigenvalue weighted by Gasteiger charge is 2.15. The summed E-state index contributed by atoms with van der Waals surface area (Å²) in [6.45, 7) is 5.17. The average Bonchev–Trinajstić information content (AvgIpc) is 2.83. The van der Waals surface area contributed by atoms with Gasteiger partial charge in [0.2, 0.25) is 0 Å². The molecule has 4 heteroatoms. The molecule has 0 aliphatic heterocycles. The third kappa shape index (κ3) is 4.18. The second-order valence-electron chi connectivity index (χ2n) is 4.68. The maximum absolute atomic E-state index is 5.67. The fourth-order valence-electron chi connectivity index (χ4n) is 1.94. The average molecular weight is 323 g/mol. The second kappa shape index (κ2) is 6.87. The molecule has 2 rings (SSSR count). The number of rotatable bonds is 6. The van der Waals surface area contributed by atoms with Crippen molar-refractivity contribution in [1.29, 1.82) is 0 Å². The Labute approximate surface area is 122 Å². The Kier molecular flexibility index (Phi) is 5.16. The van der Waals surface area contributed by atoms with E-state index in [1.165, 1.54) is 5.56 Å². The number of furan rings is 1. The largest absolute Gasteiger partial charge is 0.453 e. The third-order valence-corrected chi connectivity index (χ3v) is 3.39. The number of aromatic nitrogens is 1. The van der Waals surface area contributed by atoms with Crippen molar-refractivity contribution in [2.45, 2.75) is 32.7 Å². The minimum absolute atomic E-state index is 0.168. The topological polar surface area (TPSA) is 38.1 Å². The molecule has 0 spiro atoms. The van der Waals surface area contributed by atoms with Crippen LogP contribution in [-0.2, 0) is 6.42 Å². The van der Waals surface area contributed by atoms with Crippen LogP contribution >= 0.6 is 15.9 Å². The Morgan fingerprint density at radius 3 is 2.74 bits per heavy atom. The number of halogens is 1. The molecule has 1 unspecified atom stereocenters. The van der Waals surface area contributed by atoms with Crippen LogP contribution in [0.5, 0.6) is 0 Å². The fourth-order valence-corrected chi connectivity index (χ4v) is 2.25. The Bertz CT molecular complexity index is 507. The van der Waals surface area contributed by atoms with Gasteiger partial charge < -0.3 is 9.73 Å². The Balaban J connectivity index is 2.11. The van der Waals surface area contributed by atoms with Crippen LogP contribution in [0.3, 0.4) is 0 Å². The summed E-state index contributed by atoms with van der Waals surface area (Å²) in [4.78, 5) is 4.47. The van der Waals surface area contributed by atoms with Gasteiger partial charge in [-0.1, -0.05) is 13.0 Å². The van der Waals surface area contributed by atoms with Crippen LogP contribution in [0.15, 0.2) is 39.5 Å². The molecule has 1 atom stereocenters. The lowest BCUT2D eigenvalue weighted by atomic mass is 10.1. The highest BCUT2D eigenvalue weighted by atomic mass is 79.9. The molecule has 3 nitrogen and oxygen atoms in total. The van der Waals surface area contributed by atoms with Gasteiger partial charge in [0.15, 0.2) is 4.67 Å². The van der Waals surface area contributed by atoms with Gasteiger partial charge in [-0.2, -0.15) is 0 Å². The molecular formula is C15H19BrN2O. The van der Waals surface area contributed by atoms with Crippen LogP contribution in [0.2, 0.25) is 0 Å². The first-order chi connectivity index (χ1) is 9.19. The maximum atomic E-state index is 5.67. The normalized spacial score (nSPS) is 12.6. The standard InChI is InChI=1S/C15H19BrN2O/c1-3-8-17-13(14-6-7-15(16)19-14)9-12-5-4-11(2)10-18-12/h4-7,10,13,17H,3,8-9H2,1-2H3. The van der Waals surface area contributed by atoms with Crippen LogP contribution in [0.4, 0.5) is 0 Å². The van der Waals surface area contributed by atoms with E-state index in [-0.39, 0.29) is 6.04 Å². The molecule has 2 aromatic heterocycles. The molecule has 0 aliphatic rings. The summed E-state index contributed by atoms with van der Waals surface area (Å²) >= 11 is 3.35. The van der Waals surface area contributed by atoms with E-state index in [1.54, 1.807) is 0 Å². The monoisotopic (exact) mass is 322 g/mol. The van der Waals surface area contributed by atoms with E-state index in [0.29, 0.717) is 0 Å². The first-order valence-corrected chi connectivity index (χ1v) is 7.38. The van der Waals surface area contributed by atoms with Crippen LogP contribution in [0.25, 0.3) is 0 Å². The van der Waals surface area contributed by atoms with Crippen LogP contribution in [0, 0.1) is 6.92 Å². The zero-order valence-corrected chi connectivity index (χ0v) is 12.9. The molecule has 2 aromatic rings. The molecule has 0 aliphatic carbocycles. The molecule has 0 saturated carbocycles. The van der Waals surface area contributed by atoms with E-state index in [2.05, 4.69) is 45.3 Å². The summed E-state index contributed by atoms with van der Waals surface area (Å²) < 4.78 is 6.43. The number of aryl methyl sites for hydroxylation is 1. The highest BCUT2D eigenvalue weighted by molar-refractivity contribution is 9.10. The van der Waals surface area contributed by atoms with Gasteiger partial charge in [-0.05, 0) is 59.6 Å². The van der Waals surface area contributed by atoms with E-state index < -0.39 is 0 Å². The second-order valence-corrected chi connectivity index (χ2v) is 5.46. The molecule has 0 bridgehead atoms. The van der Waals surface area contributed by atoms with Gasteiger partial charge in [-0.25, -0.2) is 0 Å². The lowest BCUT2D eigenvalue weighted by Gasteiger charge is -2.16. The smallest absolute Gasteiger partial charge is 0.169 e. The SMILES string of the molecule is CCCNC(Cc1ccc(C)cn1)c1ccc(Br)o1. The number of pyridine rings is 1. The summed E-state index contributed by atoms with van der Waals surface area (Å²) in [7, 11) is 0. The minimum atomic E-state index is 0.168. The molecule has 0 amide bonds. The summed E-state index contributed by atoms with van der Waals surface area (Å²) in [5.74, 6) is 0.947.